The third-order valence-electron chi connectivity index (χ3n) is 4.05. The van der Waals surface area contributed by atoms with Gasteiger partial charge in [0.2, 0.25) is 5.91 Å². The fourth-order valence-corrected chi connectivity index (χ4v) is 3.90. The van der Waals surface area contributed by atoms with Crippen molar-refractivity contribution >= 4 is 23.6 Å². The van der Waals surface area contributed by atoms with Gasteiger partial charge in [0.1, 0.15) is 6.04 Å². The molecule has 0 aliphatic carbocycles. The number of likely N-dealkylation sites (N-methyl/N-ethyl adjacent to an activating group) is 1. The molecule has 2 amide bonds. The first-order chi connectivity index (χ1) is 11.1. The van der Waals surface area contributed by atoms with Crippen LogP contribution in [0.3, 0.4) is 0 Å². The van der Waals surface area contributed by atoms with E-state index in [1.807, 2.05) is 32.0 Å². The standard InChI is InChI=1S/C17H24N2O3S/c1-4-18(5-2)17(21)15-11-23-12-19(15)16(20)14-9-7-6-8-13(14)10-22-3/h6-9,15H,4-5,10-12H2,1-3H3. The van der Waals surface area contributed by atoms with Gasteiger partial charge in [0.15, 0.2) is 0 Å². The van der Waals surface area contributed by atoms with Crippen molar-refractivity contribution in [1.29, 1.82) is 0 Å². The number of hydrogen-bond donors (Lipinski definition) is 0. The summed E-state index contributed by atoms with van der Waals surface area (Å²) in [6.07, 6.45) is 0. The Balaban J connectivity index is 2.23. The first kappa shape index (κ1) is 17.8. The zero-order valence-electron chi connectivity index (χ0n) is 13.9. The van der Waals surface area contributed by atoms with Gasteiger partial charge in [-0.05, 0) is 25.5 Å². The number of thioether (sulfide) groups is 1. The molecule has 2 rings (SSSR count). The van der Waals surface area contributed by atoms with Crippen LogP contribution < -0.4 is 0 Å². The molecule has 1 atom stereocenters. The van der Waals surface area contributed by atoms with Crippen LogP contribution >= 0.6 is 11.8 Å². The van der Waals surface area contributed by atoms with Crippen molar-refractivity contribution in [3.63, 3.8) is 0 Å². The van der Waals surface area contributed by atoms with Gasteiger partial charge in [0.25, 0.3) is 5.91 Å². The molecule has 1 saturated heterocycles. The third kappa shape index (κ3) is 3.87. The minimum Gasteiger partial charge on any atom is -0.380 e. The maximum atomic E-state index is 12.9. The van der Waals surface area contributed by atoms with Gasteiger partial charge in [-0.25, -0.2) is 0 Å². The Morgan fingerprint density at radius 1 is 1.30 bits per heavy atom. The summed E-state index contributed by atoms with van der Waals surface area (Å²) in [6.45, 7) is 5.64. The highest BCUT2D eigenvalue weighted by Crippen LogP contribution is 2.26. The molecule has 0 radical (unpaired) electrons. The molecule has 6 heteroatoms. The second-order valence-electron chi connectivity index (χ2n) is 5.39. The zero-order chi connectivity index (χ0) is 16.8. The summed E-state index contributed by atoms with van der Waals surface area (Å²) in [5.74, 6) is 1.16. The number of carbonyl (C=O) groups is 2. The Morgan fingerprint density at radius 3 is 2.65 bits per heavy atom. The smallest absolute Gasteiger partial charge is 0.255 e. The van der Waals surface area contributed by atoms with Gasteiger partial charge in [0, 0.05) is 31.5 Å². The molecule has 1 aliphatic rings. The van der Waals surface area contributed by atoms with Crippen molar-refractivity contribution in [2.24, 2.45) is 0 Å². The van der Waals surface area contributed by atoms with E-state index in [0.29, 0.717) is 36.9 Å². The Kier molecular flexibility index (Phi) is 6.47. The summed E-state index contributed by atoms with van der Waals surface area (Å²) in [7, 11) is 1.61. The number of methoxy groups -OCH3 is 1. The summed E-state index contributed by atoms with van der Waals surface area (Å²) < 4.78 is 5.18. The van der Waals surface area contributed by atoms with Gasteiger partial charge in [-0.15, -0.1) is 11.8 Å². The fraction of sp³-hybridized carbons (Fsp3) is 0.529. The van der Waals surface area contributed by atoms with Crippen LogP contribution in [-0.4, -0.2) is 59.5 Å². The van der Waals surface area contributed by atoms with E-state index < -0.39 is 0 Å². The van der Waals surface area contributed by atoms with E-state index in [2.05, 4.69) is 0 Å². The van der Waals surface area contributed by atoms with Crippen molar-refractivity contribution in [2.45, 2.75) is 26.5 Å². The maximum Gasteiger partial charge on any atom is 0.255 e. The second kappa shape index (κ2) is 8.36. The Labute approximate surface area is 142 Å². The van der Waals surface area contributed by atoms with Crippen LogP contribution in [0.4, 0.5) is 0 Å². The molecule has 1 aromatic carbocycles. The monoisotopic (exact) mass is 336 g/mol. The summed E-state index contributed by atoms with van der Waals surface area (Å²) >= 11 is 1.63. The zero-order valence-corrected chi connectivity index (χ0v) is 14.8. The molecule has 0 bridgehead atoms. The molecule has 1 aromatic rings. The molecular formula is C17H24N2O3S. The van der Waals surface area contributed by atoms with Crippen molar-refractivity contribution in [1.82, 2.24) is 9.80 Å². The van der Waals surface area contributed by atoms with Crippen LogP contribution in [0.2, 0.25) is 0 Å². The molecule has 23 heavy (non-hydrogen) atoms. The Bertz CT molecular complexity index is 561. The number of rotatable bonds is 6. The van der Waals surface area contributed by atoms with Gasteiger partial charge in [-0.1, -0.05) is 18.2 Å². The lowest BCUT2D eigenvalue weighted by Gasteiger charge is -2.28. The van der Waals surface area contributed by atoms with E-state index in [0.717, 1.165) is 5.56 Å². The van der Waals surface area contributed by atoms with Crippen LogP contribution in [0.1, 0.15) is 29.8 Å². The van der Waals surface area contributed by atoms with E-state index >= 15 is 0 Å². The molecular weight excluding hydrogens is 312 g/mol. The summed E-state index contributed by atoms with van der Waals surface area (Å²) in [5.41, 5.74) is 1.47. The number of hydrogen-bond acceptors (Lipinski definition) is 4. The Hall–Kier alpha value is -1.53. The number of ether oxygens (including phenoxy) is 1. The number of amides is 2. The van der Waals surface area contributed by atoms with Gasteiger partial charge in [-0.2, -0.15) is 0 Å². The van der Waals surface area contributed by atoms with Crippen molar-refractivity contribution in [2.75, 3.05) is 31.8 Å². The first-order valence-corrected chi connectivity index (χ1v) is 9.03. The number of benzene rings is 1. The third-order valence-corrected chi connectivity index (χ3v) is 5.06. The first-order valence-electron chi connectivity index (χ1n) is 7.88. The minimum absolute atomic E-state index is 0.0394. The molecule has 0 saturated carbocycles. The number of nitrogens with zero attached hydrogens (tertiary/aromatic N) is 2. The summed E-state index contributed by atoms with van der Waals surface area (Å²) in [6, 6.07) is 7.06. The van der Waals surface area contributed by atoms with Crippen LogP contribution in [-0.2, 0) is 16.1 Å². The maximum absolute atomic E-state index is 12.9. The van der Waals surface area contributed by atoms with Gasteiger partial charge in [-0.3, -0.25) is 9.59 Å². The van der Waals surface area contributed by atoms with Crippen LogP contribution in [0, 0.1) is 0 Å². The van der Waals surface area contributed by atoms with Gasteiger partial charge in [0.05, 0.1) is 12.5 Å². The lowest BCUT2D eigenvalue weighted by Crippen LogP contribution is -2.49. The SMILES string of the molecule is CCN(CC)C(=O)C1CSCN1C(=O)c1ccccc1COC. The van der Waals surface area contributed by atoms with E-state index in [4.69, 9.17) is 4.74 Å². The highest BCUT2D eigenvalue weighted by Gasteiger charge is 2.37. The molecule has 5 nitrogen and oxygen atoms in total. The highest BCUT2D eigenvalue weighted by molar-refractivity contribution is 7.99. The van der Waals surface area contributed by atoms with E-state index in [1.165, 1.54) is 0 Å². The molecule has 0 spiro atoms. The van der Waals surface area contributed by atoms with E-state index in [-0.39, 0.29) is 17.9 Å². The second-order valence-corrected chi connectivity index (χ2v) is 6.39. The van der Waals surface area contributed by atoms with Crippen molar-refractivity contribution in [3.05, 3.63) is 35.4 Å². The molecule has 0 N–H and O–H groups in total. The minimum atomic E-state index is -0.372. The molecule has 1 aliphatic heterocycles. The van der Waals surface area contributed by atoms with Crippen molar-refractivity contribution in [3.8, 4) is 0 Å². The lowest BCUT2D eigenvalue weighted by molar-refractivity contribution is -0.134. The summed E-state index contributed by atoms with van der Waals surface area (Å²) in [4.78, 5) is 29.1. The van der Waals surface area contributed by atoms with Gasteiger partial charge >= 0.3 is 0 Å². The lowest BCUT2D eigenvalue weighted by atomic mass is 10.1. The molecule has 0 aromatic heterocycles. The topological polar surface area (TPSA) is 49.9 Å². The number of carbonyl (C=O) groups excluding carboxylic acids is 2. The predicted molar refractivity (Wildman–Crippen MR) is 92.4 cm³/mol. The average Bonchev–Trinajstić information content (AvgIpc) is 3.05. The fourth-order valence-electron chi connectivity index (χ4n) is 2.76. The largest absolute Gasteiger partial charge is 0.380 e. The molecule has 126 valence electrons. The molecule has 1 heterocycles. The summed E-state index contributed by atoms with van der Waals surface area (Å²) in [5, 5.41) is 0. The molecule has 1 fully saturated rings. The van der Waals surface area contributed by atoms with E-state index in [1.54, 1.807) is 34.7 Å². The van der Waals surface area contributed by atoms with Gasteiger partial charge < -0.3 is 14.5 Å². The Morgan fingerprint density at radius 2 is 2.00 bits per heavy atom. The quantitative estimate of drug-likeness (QED) is 0.799. The van der Waals surface area contributed by atoms with Crippen LogP contribution in [0.25, 0.3) is 0 Å². The van der Waals surface area contributed by atoms with Crippen LogP contribution in [0.15, 0.2) is 24.3 Å². The van der Waals surface area contributed by atoms with Crippen LogP contribution in [0.5, 0.6) is 0 Å². The van der Waals surface area contributed by atoms with Crippen molar-refractivity contribution < 1.29 is 14.3 Å². The highest BCUT2D eigenvalue weighted by atomic mass is 32.2. The normalized spacial score (nSPS) is 17.3. The predicted octanol–water partition coefficient (Wildman–Crippen LogP) is 2.22. The molecule has 1 unspecified atom stereocenters. The average molecular weight is 336 g/mol. The van der Waals surface area contributed by atoms with E-state index in [9.17, 15) is 9.59 Å².